The van der Waals surface area contributed by atoms with Gasteiger partial charge in [-0.05, 0) is 62.6 Å². The van der Waals surface area contributed by atoms with Crippen LogP contribution in [0, 0.1) is 0 Å². The highest BCUT2D eigenvalue weighted by atomic mass is 31.2. The number of aromatic hydroxyl groups is 2. The van der Waals surface area contributed by atoms with Crippen molar-refractivity contribution in [3.63, 3.8) is 0 Å². The molecule has 0 bridgehead atoms. The highest BCUT2D eigenvalue weighted by molar-refractivity contribution is 7.53. The Morgan fingerprint density at radius 3 is 2.23 bits per heavy atom. The molecule has 172 valence electrons. The van der Waals surface area contributed by atoms with E-state index in [1.165, 1.54) is 12.1 Å². The maximum atomic E-state index is 12.4. The Labute approximate surface area is 183 Å². The molecule has 0 aliphatic rings. The normalized spacial score (nSPS) is 13.7. The van der Waals surface area contributed by atoms with Gasteiger partial charge in [0.25, 0.3) is 0 Å². The van der Waals surface area contributed by atoms with Crippen LogP contribution in [0.3, 0.4) is 0 Å². The van der Waals surface area contributed by atoms with E-state index in [-0.39, 0.29) is 37.1 Å². The molecule has 0 saturated carbocycles. The summed E-state index contributed by atoms with van der Waals surface area (Å²) in [5.74, 6) is 0.0978. The van der Waals surface area contributed by atoms with Crippen LogP contribution in [0.1, 0.15) is 38.0 Å². The molecule has 0 amide bonds. The van der Waals surface area contributed by atoms with E-state index in [1.54, 1.807) is 32.0 Å². The van der Waals surface area contributed by atoms with Gasteiger partial charge in [0, 0.05) is 12.6 Å². The first kappa shape index (κ1) is 25.2. The van der Waals surface area contributed by atoms with Crippen LogP contribution in [0.2, 0.25) is 0 Å². The van der Waals surface area contributed by atoms with Gasteiger partial charge in [-0.3, -0.25) is 4.57 Å². The lowest BCUT2D eigenvalue weighted by atomic mass is 10.1. The second kappa shape index (κ2) is 12.1. The topological polar surface area (TPSA) is 117 Å². The van der Waals surface area contributed by atoms with Crippen molar-refractivity contribution in [2.75, 3.05) is 26.1 Å². The van der Waals surface area contributed by atoms with E-state index in [0.717, 1.165) is 12.0 Å². The molecule has 0 saturated heterocycles. The average Bonchev–Trinajstić information content (AvgIpc) is 2.74. The van der Waals surface area contributed by atoms with E-state index < -0.39 is 13.7 Å². The smallest absolute Gasteiger partial charge is 0.367 e. The number of hydrogen-bond donors (Lipinski definition) is 4. The van der Waals surface area contributed by atoms with Crippen LogP contribution in [0.4, 0.5) is 0 Å². The summed E-state index contributed by atoms with van der Waals surface area (Å²) in [4.78, 5) is 0. The number of benzene rings is 2. The number of rotatable bonds is 13. The number of hydrogen-bond acceptors (Lipinski definition) is 8. The molecule has 2 unspecified atom stereocenters. The summed E-state index contributed by atoms with van der Waals surface area (Å²) in [6.07, 6.45) is -0.225. The molecule has 0 aliphatic carbocycles. The molecule has 2 rings (SSSR count). The van der Waals surface area contributed by atoms with Crippen molar-refractivity contribution in [1.82, 2.24) is 5.32 Å². The fourth-order valence-electron chi connectivity index (χ4n) is 2.98. The Morgan fingerprint density at radius 1 is 1.00 bits per heavy atom. The number of ether oxygens (including phenoxy) is 1. The molecule has 0 fully saturated rings. The first-order valence-corrected chi connectivity index (χ1v) is 12.0. The largest absolute Gasteiger partial charge is 0.504 e. The van der Waals surface area contributed by atoms with E-state index in [0.29, 0.717) is 17.9 Å². The number of aliphatic hydroxyl groups is 1. The minimum absolute atomic E-state index is 0.0863. The van der Waals surface area contributed by atoms with Gasteiger partial charge in [0.05, 0.1) is 19.3 Å². The van der Waals surface area contributed by atoms with Crippen LogP contribution in [0.15, 0.2) is 42.5 Å². The predicted molar refractivity (Wildman–Crippen MR) is 119 cm³/mol. The summed E-state index contributed by atoms with van der Waals surface area (Å²) in [5.41, 5.74) is 1.59. The van der Waals surface area contributed by atoms with Crippen LogP contribution in [0.5, 0.6) is 17.2 Å². The zero-order valence-electron chi connectivity index (χ0n) is 18.2. The van der Waals surface area contributed by atoms with Gasteiger partial charge in [-0.15, -0.1) is 0 Å². The molecule has 2 atom stereocenters. The Hall–Kier alpha value is -2.09. The van der Waals surface area contributed by atoms with E-state index in [2.05, 4.69) is 5.32 Å². The average molecular weight is 453 g/mol. The van der Waals surface area contributed by atoms with Crippen molar-refractivity contribution in [3.05, 3.63) is 53.6 Å². The van der Waals surface area contributed by atoms with Crippen molar-refractivity contribution in [2.45, 2.75) is 39.3 Å². The van der Waals surface area contributed by atoms with Gasteiger partial charge in [-0.2, -0.15) is 0 Å². The van der Waals surface area contributed by atoms with E-state index >= 15 is 0 Å². The number of aliphatic hydroxyl groups excluding tert-OH is 1. The second-order valence-corrected chi connectivity index (χ2v) is 9.14. The first-order valence-electron chi connectivity index (χ1n) is 10.3. The maximum absolute atomic E-state index is 12.4. The van der Waals surface area contributed by atoms with E-state index in [1.807, 2.05) is 19.1 Å². The van der Waals surface area contributed by atoms with Gasteiger partial charge in [0.15, 0.2) is 17.8 Å². The quantitative estimate of drug-likeness (QED) is 0.266. The number of nitrogens with one attached hydrogen (secondary N) is 1. The lowest BCUT2D eigenvalue weighted by molar-refractivity contribution is 0.170. The summed E-state index contributed by atoms with van der Waals surface area (Å²) in [5, 5.41) is 32.5. The van der Waals surface area contributed by atoms with Gasteiger partial charge in [0.1, 0.15) is 5.75 Å². The third-order valence-electron chi connectivity index (χ3n) is 4.55. The van der Waals surface area contributed by atoms with Crippen molar-refractivity contribution in [1.29, 1.82) is 0 Å². The fourth-order valence-corrected chi connectivity index (χ4v) is 4.30. The molecule has 2 aromatic rings. The molecule has 4 N–H and O–H groups in total. The Bertz CT molecular complexity index is 849. The van der Waals surface area contributed by atoms with Gasteiger partial charge < -0.3 is 34.4 Å². The Balaban J connectivity index is 1.82. The van der Waals surface area contributed by atoms with Crippen molar-refractivity contribution in [2.24, 2.45) is 0 Å². The summed E-state index contributed by atoms with van der Waals surface area (Å²) in [6, 6.07) is 11.8. The van der Waals surface area contributed by atoms with Gasteiger partial charge in [-0.25, -0.2) is 0 Å². The summed E-state index contributed by atoms with van der Waals surface area (Å²) in [6.45, 7) is 6.38. The van der Waals surface area contributed by atoms with Crippen LogP contribution in [-0.4, -0.2) is 47.5 Å². The maximum Gasteiger partial charge on any atom is 0.367 e. The number of phenols is 2. The zero-order valence-corrected chi connectivity index (χ0v) is 19.0. The molecular formula is C22H32NO7P. The molecule has 0 aromatic heterocycles. The minimum atomic E-state index is -3.25. The molecule has 9 heteroatoms. The van der Waals surface area contributed by atoms with E-state index in [9.17, 15) is 19.9 Å². The van der Waals surface area contributed by atoms with Crippen molar-refractivity contribution < 1.29 is 33.7 Å². The lowest BCUT2D eigenvalue weighted by Gasteiger charge is -2.19. The number of phenolic OH excluding ortho intramolecular Hbond substituents is 2. The fraction of sp³-hybridized carbons (Fsp3) is 0.455. The highest BCUT2D eigenvalue weighted by Gasteiger charge is 2.24. The monoisotopic (exact) mass is 453 g/mol. The third-order valence-corrected chi connectivity index (χ3v) is 6.30. The molecule has 0 aliphatic heterocycles. The van der Waals surface area contributed by atoms with Crippen LogP contribution >= 0.6 is 7.60 Å². The minimum Gasteiger partial charge on any atom is -0.504 e. The molecule has 0 radical (unpaired) electrons. The highest BCUT2D eigenvalue weighted by Crippen LogP contribution is 2.47. The molecule has 2 aromatic carbocycles. The summed E-state index contributed by atoms with van der Waals surface area (Å²) in [7, 11) is -3.25. The third kappa shape index (κ3) is 8.16. The Kier molecular flexibility index (Phi) is 9.81. The second-order valence-electron chi connectivity index (χ2n) is 7.14. The SMILES string of the molecule is CCOP(=O)(COc1ccc(CC(C)NCC(O)c2ccc(O)c(O)c2)cc1)OCC. The van der Waals surface area contributed by atoms with Gasteiger partial charge in [-0.1, -0.05) is 18.2 Å². The molecule has 0 heterocycles. The van der Waals surface area contributed by atoms with Crippen molar-refractivity contribution in [3.8, 4) is 17.2 Å². The van der Waals surface area contributed by atoms with Crippen LogP contribution in [-0.2, 0) is 20.0 Å². The summed E-state index contributed by atoms with van der Waals surface area (Å²) >= 11 is 0. The molecule has 31 heavy (non-hydrogen) atoms. The lowest BCUT2D eigenvalue weighted by Crippen LogP contribution is -2.32. The molecule has 0 spiro atoms. The summed E-state index contributed by atoms with van der Waals surface area (Å²) < 4.78 is 28.4. The Morgan fingerprint density at radius 2 is 1.65 bits per heavy atom. The van der Waals surface area contributed by atoms with Crippen LogP contribution < -0.4 is 10.1 Å². The first-order chi connectivity index (χ1) is 14.8. The van der Waals surface area contributed by atoms with E-state index in [4.69, 9.17) is 13.8 Å². The predicted octanol–water partition coefficient (Wildman–Crippen LogP) is 3.95. The molecular weight excluding hydrogens is 421 g/mol. The van der Waals surface area contributed by atoms with Crippen LogP contribution in [0.25, 0.3) is 0 Å². The van der Waals surface area contributed by atoms with Gasteiger partial charge in [0.2, 0.25) is 0 Å². The van der Waals surface area contributed by atoms with Crippen molar-refractivity contribution >= 4 is 7.60 Å². The zero-order chi connectivity index (χ0) is 22.9. The standard InChI is InChI=1S/C22H32NO7P/c1-4-29-31(27,30-5-2)15-28-19-9-6-17(7-10-19)12-16(3)23-14-22(26)18-8-11-20(24)21(25)13-18/h6-11,13,16,22-26H,4-5,12,14-15H2,1-3H3. The van der Waals surface area contributed by atoms with Gasteiger partial charge >= 0.3 is 7.60 Å². The molecule has 8 nitrogen and oxygen atoms in total.